The highest BCUT2D eigenvalue weighted by atomic mass is 35.5. The van der Waals surface area contributed by atoms with Gasteiger partial charge in [-0.15, -0.1) is 0 Å². The van der Waals surface area contributed by atoms with Crippen molar-refractivity contribution in [1.82, 2.24) is 0 Å². The van der Waals surface area contributed by atoms with Crippen molar-refractivity contribution < 1.29 is 14.6 Å². The van der Waals surface area contributed by atoms with E-state index in [0.29, 0.717) is 28.9 Å². The average molecular weight is 282 g/mol. The summed E-state index contributed by atoms with van der Waals surface area (Å²) in [5.74, 6) is -1.22. The first kappa shape index (κ1) is 15.3. The molecule has 19 heavy (non-hydrogen) atoms. The molecule has 0 unspecified atom stereocenters. The number of carbonyl (C=O) groups is 1. The van der Waals surface area contributed by atoms with Crippen LogP contribution in [0.2, 0.25) is 5.02 Å². The quantitative estimate of drug-likeness (QED) is 0.869. The van der Waals surface area contributed by atoms with Crippen molar-refractivity contribution in [1.29, 1.82) is 5.26 Å². The van der Waals surface area contributed by atoms with Gasteiger partial charge in [-0.1, -0.05) is 31.5 Å². The Bertz CT molecular complexity index is 494. The molecule has 4 nitrogen and oxygen atoms in total. The van der Waals surface area contributed by atoms with Gasteiger partial charge in [-0.2, -0.15) is 5.26 Å². The summed E-state index contributed by atoms with van der Waals surface area (Å²) in [5, 5.41) is 18.0. The Kier molecular flexibility index (Phi) is 5.65. The van der Waals surface area contributed by atoms with E-state index in [2.05, 4.69) is 0 Å². The van der Waals surface area contributed by atoms with Crippen LogP contribution in [-0.2, 0) is 11.2 Å². The highest BCUT2D eigenvalue weighted by Crippen LogP contribution is 2.27. The number of rotatable bonds is 6. The Hall–Kier alpha value is -1.73. The number of carboxylic acid groups (broad SMARTS) is 1. The van der Waals surface area contributed by atoms with Crippen LogP contribution in [0.3, 0.4) is 0 Å². The third kappa shape index (κ3) is 4.80. The summed E-state index contributed by atoms with van der Waals surface area (Å²) in [4.78, 5) is 10.8. The molecule has 0 heterocycles. The first-order valence-corrected chi connectivity index (χ1v) is 6.35. The summed E-state index contributed by atoms with van der Waals surface area (Å²) in [7, 11) is 0. The normalized spacial score (nSPS) is 11.9. The number of benzene rings is 1. The minimum absolute atomic E-state index is 0.135. The van der Waals surface area contributed by atoms with Crippen molar-refractivity contribution in [3.05, 3.63) is 28.8 Å². The molecule has 1 aromatic rings. The average Bonchev–Trinajstić information content (AvgIpc) is 2.34. The summed E-state index contributed by atoms with van der Waals surface area (Å²) in [6.45, 7) is 4.63. The van der Waals surface area contributed by atoms with Crippen LogP contribution in [0, 0.1) is 23.2 Å². The lowest BCUT2D eigenvalue weighted by atomic mass is 10.0. The maximum atomic E-state index is 10.8. The van der Waals surface area contributed by atoms with Crippen molar-refractivity contribution in [2.24, 2.45) is 11.8 Å². The maximum absolute atomic E-state index is 10.8. The minimum atomic E-state index is -1.13. The van der Waals surface area contributed by atoms with E-state index in [1.54, 1.807) is 24.3 Å². The fourth-order valence-corrected chi connectivity index (χ4v) is 1.73. The van der Waals surface area contributed by atoms with E-state index in [-0.39, 0.29) is 6.42 Å². The monoisotopic (exact) mass is 281 g/mol. The minimum Gasteiger partial charge on any atom is -0.492 e. The molecule has 1 rings (SSSR count). The Morgan fingerprint density at radius 2 is 2.21 bits per heavy atom. The zero-order valence-corrected chi connectivity index (χ0v) is 11.6. The zero-order chi connectivity index (χ0) is 14.4. The molecule has 0 aliphatic carbocycles. The molecule has 1 N–H and O–H groups in total. The second kappa shape index (κ2) is 7.01. The van der Waals surface area contributed by atoms with Gasteiger partial charge in [-0.3, -0.25) is 4.79 Å². The molecular formula is C14H16ClNO3. The van der Waals surface area contributed by atoms with Gasteiger partial charge >= 0.3 is 5.97 Å². The zero-order valence-electron chi connectivity index (χ0n) is 10.9. The lowest BCUT2D eigenvalue weighted by molar-refractivity contribution is -0.139. The highest BCUT2D eigenvalue weighted by Gasteiger charge is 2.17. The van der Waals surface area contributed by atoms with E-state index in [0.717, 1.165) is 0 Å². The number of ether oxygens (including phenoxy) is 1. The van der Waals surface area contributed by atoms with Gasteiger partial charge in [-0.25, -0.2) is 0 Å². The molecule has 1 atom stereocenters. The Morgan fingerprint density at radius 1 is 1.53 bits per heavy atom. The number of hydrogen-bond acceptors (Lipinski definition) is 3. The summed E-state index contributed by atoms with van der Waals surface area (Å²) in [6.07, 6.45) is 0.135. The standard InChI is InChI=1S/C14H16ClNO3/c1-9(2)8-19-13-4-3-10(6-12(13)15)5-11(7-16)14(17)18/h3-4,6,9,11H,5,8H2,1-2H3,(H,17,18)/t11-/m0/s1. The Labute approximate surface area is 117 Å². The lowest BCUT2D eigenvalue weighted by Crippen LogP contribution is -2.14. The summed E-state index contributed by atoms with van der Waals surface area (Å²) >= 11 is 6.06. The fourth-order valence-electron chi connectivity index (χ4n) is 1.47. The summed E-state index contributed by atoms with van der Waals surface area (Å²) in [6, 6.07) is 6.83. The highest BCUT2D eigenvalue weighted by molar-refractivity contribution is 6.32. The van der Waals surface area contributed by atoms with Crippen LogP contribution >= 0.6 is 11.6 Å². The largest absolute Gasteiger partial charge is 0.492 e. The molecule has 0 bridgehead atoms. The molecule has 0 saturated carbocycles. The van der Waals surface area contributed by atoms with Crippen molar-refractivity contribution in [3.63, 3.8) is 0 Å². The van der Waals surface area contributed by atoms with Crippen molar-refractivity contribution in [2.45, 2.75) is 20.3 Å². The Morgan fingerprint density at radius 3 is 2.68 bits per heavy atom. The predicted octanol–water partition coefficient (Wildman–Crippen LogP) is 3.14. The van der Waals surface area contributed by atoms with Gasteiger partial charge in [0.05, 0.1) is 17.7 Å². The molecule has 0 aliphatic rings. The van der Waals surface area contributed by atoms with E-state index in [4.69, 9.17) is 26.7 Å². The summed E-state index contributed by atoms with van der Waals surface area (Å²) < 4.78 is 5.52. The molecule has 0 aliphatic heterocycles. The predicted molar refractivity (Wildman–Crippen MR) is 72.2 cm³/mol. The van der Waals surface area contributed by atoms with Crippen LogP contribution in [0.25, 0.3) is 0 Å². The van der Waals surface area contributed by atoms with Gasteiger partial charge in [0.1, 0.15) is 11.7 Å². The lowest BCUT2D eigenvalue weighted by Gasteiger charge is -2.11. The topological polar surface area (TPSA) is 70.3 Å². The third-order valence-electron chi connectivity index (χ3n) is 2.46. The molecule has 5 heteroatoms. The van der Waals surface area contributed by atoms with Crippen molar-refractivity contribution in [2.75, 3.05) is 6.61 Å². The maximum Gasteiger partial charge on any atom is 0.321 e. The van der Waals surface area contributed by atoms with E-state index in [9.17, 15) is 4.79 Å². The second-order valence-electron chi connectivity index (χ2n) is 4.69. The SMILES string of the molecule is CC(C)COc1ccc(C[C@@H](C#N)C(=O)O)cc1Cl. The van der Waals surface area contributed by atoms with E-state index >= 15 is 0 Å². The number of nitriles is 1. The molecule has 102 valence electrons. The smallest absolute Gasteiger partial charge is 0.321 e. The van der Waals surface area contributed by atoms with Crippen LogP contribution < -0.4 is 4.74 Å². The van der Waals surface area contributed by atoms with Crippen LogP contribution in [0.4, 0.5) is 0 Å². The van der Waals surface area contributed by atoms with Crippen molar-refractivity contribution >= 4 is 17.6 Å². The molecule has 0 fully saturated rings. The molecular weight excluding hydrogens is 266 g/mol. The van der Waals surface area contributed by atoms with Crippen LogP contribution in [0.15, 0.2) is 18.2 Å². The first-order chi connectivity index (χ1) is 8.93. The molecule has 0 saturated heterocycles. The number of aliphatic carboxylic acids is 1. The number of nitrogens with zero attached hydrogens (tertiary/aromatic N) is 1. The number of hydrogen-bond donors (Lipinski definition) is 1. The van der Waals surface area contributed by atoms with Crippen molar-refractivity contribution in [3.8, 4) is 11.8 Å². The molecule has 0 spiro atoms. The van der Waals surface area contributed by atoms with E-state index in [1.807, 2.05) is 13.8 Å². The first-order valence-electron chi connectivity index (χ1n) is 5.97. The second-order valence-corrected chi connectivity index (χ2v) is 5.10. The van der Waals surface area contributed by atoms with E-state index < -0.39 is 11.9 Å². The molecule has 0 radical (unpaired) electrons. The Balaban J connectivity index is 2.77. The van der Waals surface area contributed by atoms with Gasteiger partial charge in [-0.05, 0) is 30.0 Å². The molecule has 0 amide bonds. The van der Waals surface area contributed by atoms with Gasteiger partial charge in [0, 0.05) is 0 Å². The number of carboxylic acids is 1. The molecule has 0 aromatic heterocycles. The third-order valence-corrected chi connectivity index (χ3v) is 2.76. The van der Waals surface area contributed by atoms with Gasteiger partial charge < -0.3 is 9.84 Å². The van der Waals surface area contributed by atoms with Gasteiger partial charge in [0.15, 0.2) is 0 Å². The van der Waals surface area contributed by atoms with Crippen LogP contribution in [0.1, 0.15) is 19.4 Å². The molecule has 1 aromatic carbocycles. The van der Waals surface area contributed by atoms with Crippen LogP contribution in [-0.4, -0.2) is 17.7 Å². The van der Waals surface area contributed by atoms with E-state index in [1.165, 1.54) is 0 Å². The summed E-state index contributed by atoms with van der Waals surface area (Å²) in [5.41, 5.74) is 0.704. The number of halogens is 1. The van der Waals surface area contributed by atoms with Gasteiger partial charge in [0.2, 0.25) is 0 Å². The van der Waals surface area contributed by atoms with Gasteiger partial charge in [0.25, 0.3) is 0 Å². The van der Waals surface area contributed by atoms with Crippen LogP contribution in [0.5, 0.6) is 5.75 Å². The fraction of sp³-hybridized carbons (Fsp3) is 0.429.